The molecule has 6 heteroatoms. The highest BCUT2D eigenvalue weighted by Gasteiger charge is 2.29. The van der Waals surface area contributed by atoms with Crippen LogP contribution in [-0.4, -0.2) is 43.6 Å². The van der Waals surface area contributed by atoms with Crippen LogP contribution in [0, 0.1) is 13.8 Å². The fourth-order valence-corrected chi connectivity index (χ4v) is 4.28. The van der Waals surface area contributed by atoms with Crippen molar-refractivity contribution in [2.45, 2.75) is 46.0 Å². The minimum atomic E-state index is 0.0530. The normalized spacial score (nSPS) is 16.7. The quantitative estimate of drug-likeness (QED) is 0.659. The monoisotopic (exact) mass is 403 g/mol. The first-order valence-electron chi connectivity index (χ1n) is 10.7. The number of aromatic nitrogens is 4. The van der Waals surface area contributed by atoms with Crippen LogP contribution in [0.15, 0.2) is 36.5 Å². The number of hydrogen-bond donors (Lipinski definition) is 0. The number of rotatable bonds is 4. The summed E-state index contributed by atoms with van der Waals surface area (Å²) in [7, 11) is 1.84. The van der Waals surface area contributed by atoms with Crippen LogP contribution >= 0.6 is 0 Å². The first-order valence-corrected chi connectivity index (χ1v) is 10.7. The summed E-state index contributed by atoms with van der Waals surface area (Å²) in [5.41, 5.74) is 6.06. The zero-order valence-corrected chi connectivity index (χ0v) is 18.2. The Hall–Kier alpha value is -3.02. The van der Waals surface area contributed by atoms with E-state index in [4.69, 9.17) is 4.98 Å². The Labute approximate surface area is 178 Å². The second-order valence-corrected chi connectivity index (χ2v) is 8.17. The molecular formula is C24H29N5O. The fraction of sp³-hybridized carbons (Fsp3) is 0.417. The van der Waals surface area contributed by atoms with E-state index in [-0.39, 0.29) is 11.8 Å². The standard InChI is InChI=1S/C24H29N5O/c1-5-20-13-22(28(4)27-20)24(30)29-11-7-10-19(15-29)23-21(14-25-17(3)26-23)18-9-6-8-16(2)12-18/h6,8-9,12-14,19H,5,7,10-11,15H2,1-4H3/t19-/m0/s1. The van der Waals surface area contributed by atoms with Crippen molar-refractivity contribution in [3.05, 3.63) is 65.0 Å². The molecule has 1 saturated heterocycles. The molecule has 4 rings (SSSR count). The van der Waals surface area contributed by atoms with Gasteiger partial charge >= 0.3 is 0 Å². The summed E-state index contributed by atoms with van der Waals surface area (Å²) in [4.78, 5) is 24.5. The van der Waals surface area contributed by atoms with E-state index in [9.17, 15) is 4.79 Å². The van der Waals surface area contributed by atoms with E-state index < -0.39 is 0 Å². The number of piperidine rings is 1. The molecule has 3 aromatic rings. The second kappa shape index (κ2) is 8.38. The molecule has 1 aliphatic heterocycles. The Bertz CT molecular complexity index is 1070. The molecule has 6 nitrogen and oxygen atoms in total. The summed E-state index contributed by atoms with van der Waals surface area (Å²) in [6, 6.07) is 10.4. The number of benzene rings is 1. The van der Waals surface area contributed by atoms with Gasteiger partial charge in [0.25, 0.3) is 5.91 Å². The first kappa shape index (κ1) is 20.3. The lowest BCUT2D eigenvalue weighted by atomic mass is 9.89. The molecule has 0 radical (unpaired) electrons. The Morgan fingerprint density at radius 3 is 2.80 bits per heavy atom. The molecular weight excluding hydrogens is 374 g/mol. The van der Waals surface area contributed by atoms with Gasteiger partial charge in [0.15, 0.2) is 0 Å². The predicted octanol–water partition coefficient (Wildman–Crippen LogP) is 4.08. The molecule has 1 aromatic carbocycles. The third-order valence-electron chi connectivity index (χ3n) is 5.87. The highest BCUT2D eigenvalue weighted by atomic mass is 16.2. The smallest absolute Gasteiger partial charge is 0.272 e. The van der Waals surface area contributed by atoms with Gasteiger partial charge in [-0.05, 0) is 44.7 Å². The van der Waals surface area contributed by atoms with Crippen LogP contribution < -0.4 is 0 Å². The Kier molecular flexibility index (Phi) is 5.66. The van der Waals surface area contributed by atoms with Gasteiger partial charge < -0.3 is 4.90 Å². The molecule has 0 aliphatic carbocycles. The maximum Gasteiger partial charge on any atom is 0.272 e. The van der Waals surface area contributed by atoms with Gasteiger partial charge in [-0.15, -0.1) is 0 Å². The Morgan fingerprint density at radius 2 is 2.07 bits per heavy atom. The van der Waals surface area contributed by atoms with Crippen LogP contribution in [0.5, 0.6) is 0 Å². The van der Waals surface area contributed by atoms with Gasteiger partial charge in [0.2, 0.25) is 0 Å². The molecule has 156 valence electrons. The van der Waals surface area contributed by atoms with Crippen LogP contribution in [-0.2, 0) is 13.5 Å². The van der Waals surface area contributed by atoms with E-state index in [1.807, 2.05) is 31.1 Å². The lowest BCUT2D eigenvalue weighted by molar-refractivity contribution is 0.0695. The van der Waals surface area contributed by atoms with E-state index >= 15 is 0 Å². The fourth-order valence-electron chi connectivity index (χ4n) is 4.28. The molecule has 1 fully saturated rings. The van der Waals surface area contributed by atoms with Crippen LogP contribution in [0.2, 0.25) is 0 Å². The van der Waals surface area contributed by atoms with E-state index in [2.05, 4.69) is 48.2 Å². The molecule has 1 amide bonds. The lowest BCUT2D eigenvalue weighted by Crippen LogP contribution is -2.40. The van der Waals surface area contributed by atoms with Gasteiger partial charge in [-0.1, -0.05) is 36.8 Å². The summed E-state index contributed by atoms with van der Waals surface area (Å²) in [5, 5.41) is 4.44. The SMILES string of the molecule is CCc1cc(C(=O)N2CCC[C@H](c3nc(C)ncc3-c3cccc(C)c3)C2)n(C)n1. The summed E-state index contributed by atoms with van der Waals surface area (Å²) in [5.74, 6) is 1.01. The number of carbonyl (C=O) groups is 1. The van der Waals surface area contributed by atoms with Gasteiger partial charge in [-0.25, -0.2) is 9.97 Å². The van der Waals surface area contributed by atoms with Crippen molar-refractivity contribution in [2.75, 3.05) is 13.1 Å². The summed E-state index contributed by atoms with van der Waals surface area (Å²) < 4.78 is 1.71. The van der Waals surface area contributed by atoms with Crippen molar-refractivity contribution in [2.24, 2.45) is 7.05 Å². The van der Waals surface area contributed by atoms with Crippen molar-refractivity contribution < 1.29 is 4.79 Å². The second-order valence-electron chi connectivity index (χ2n) is 8.17. The minimum Gasteiger partial charge on any atom is -0.337 e. The molecule has 0 saturated carbocycles. The lowest BCUT2D eigenvalue weighted by Gasteiger charge is -2.33. The minimum absolute atomic E-state index is 0.0530. The van der Waals surface area contributed by atoms with Gasteiger partial charge in [-0.3, -0.25) is 9.48 Å². The molecule has 2 aromatic heterocycles. The number of hydrogen-bond acceptors (Lipinski definition) is 4. The molecule has 0 spiro atoms. The van der Waals surface area contributed by atoms with Gasteiger partial charge in [0.05, 0.1) is 11.4 Å². The van der Waals surface area contributed by atoms with Gasteiger partial charge in [0.1, 0.15) is 11.5 Å². The summed E-state index contributed by atoms with van der Waals surface area (Å²) >= 11 is 0. The Morgan fingerprint density at radius 1 is 1.23 bits per heavy atom. The van der Waals surface area contributed by atoms with E-state index in [1.54, 1.807) is 4.68 Å². The number of likely N-dealkylation sites (tertiary alicyclic amines) is 1. The number of amides is 1. The zero-order chi connectivity index (χ0) is 21.3. The van der Waals surface area contributed by atoms with Crippen LogP contribution in [0.3, 0.4) is 0 Å². The summed E-state index contributed by atoms with van der Waals surface area (Å²) in [6.07, 6.45) is 4.74. The Balaban J connectivity index is 1.64. The largest absolute Gasteiger partial charge is 0.337 e. The van der Waals surface area contributed by atoms with Crippen molar-refractivity contribution >= 4 is 5.91 Å². The van der Waals surface area contributed by atoms with Crippen molar-refractivity contribution in [1.29, 1.82) is 0 Å². The van der Waals surface area contributed by atoms with E-state index in [0.717, 1.165) is 54.1 Å². The third-order valence-corrected chi connectivity index (χ3v) is 5.87. The molecule has 0 unspecified atom stereocenters. The molecule has 30 heavy (non-hydrogen) atoms. The molecule has 1 aliphatic rings. The highest BCUT2D eigenvalue weighted by Crippen LogP contribution is 2.33. The van der Waals surface area contributed by atoms with E-state index in [0.29, 0.717) is 12.2 Å². The van der Waals surface area contributed by atoms with Gasteiger partial charge in [0, 0.05) is 37.8 Å². The van der Waals surface area contributed by atoms with Crippen molar-refractivity contribution in [3.8, 4) is 11.1 Å². The molecule has 0 N–H and O–H groups in total. The maximum absolute atomic E-state index is 13.2. The average molecular weight is 404 g/mol. The van der Waals surface area contributed by atoms with Crippen molar-refractivity contribution in [3.63, 3.8) is 0 Å². The van der Waals surface area contributed by atoms with Crippen molar-refractivity contribution in [1.82, 2.24) is 24.6 Å². The predicted molar refractivity (Wildman–Crippen MR) is 117 cm³/mol. The average Bonchev–Trinajstić information content (AvgIpc) is 3.14. The summed E-state index contributed by atoms with van der Waals surface area (Å²) in [6.45, 7) is 7.51. The van der Waals surface area contributed by atoms with Gasteiger partial charge in [-0.2, -0.15) is 5.10 Å². The maximum atomic E-state index is 13.2. The zero-order valence-electron chi connectivity index (χ0n) is 18.2. The third kappa shape index (κ3) is 3.99. The molecule has 3 heterocycles. The number of carbonyl (C=O) groups excluding carboxylic acids is 1. The van der Waals surface area contributed by atoms with Crippen LogP contribution in [0.1, 0.15) is 58.9 Å². The first-order chi connectivity index (χ1) is 14.5. The number of nitrogens with zero attached hydrogens (tertiary/aromatic N) is 5. The topological polar surface area (TPSA) is 63.9 Å². The van der Waals surface area contributed by atoms with Crippen LogP contribution in [0.4, 0.5) is 0 Å². The highest BCUT2D eigenvalue weighted by molar-refractivity contribution is 5.92. The number of aryl methyl sites for hydroxylation is 4. The van der Waals surface area contributed by atoms with E-state index in [1.165, 1.54) is 5.56 Å². The van der Waals surface area contributed by atoms with Crippen LogP contribution in [0.25, 0.3) is 11.1 Å². The molecule has 0 bridgehead atoms. The molecule has 1 atom stereocenters.